The Bertz CT molecular complexity index is 761. The summed E-state index contributed by atoms with van der Waals surface area (Å²) in [5.74, 6) is 0.854. The van der Waals surface area contributed by atoms with Crippen molar-refractivity contribution in [2.45, 2.75) is 46.6 Å². The number of morpholine rings is 1. The summed E-state index contributed by atoms with van der Waals surface area (Å²) in [6, 6.07) is 4.14. The zero-order chi connectivity index (χ0) is 19.4. The SMILES string of the molecule is CC/C(C)=C\C=C(/C)C(=O)Nc1cc2c(cc1N1CCOCC1)OC(C)C2. The molecule has 1 atom stereocenters. The largest absolute Gasteiger partial charge is 0.490 e. The van der Waals surface area contributed by atoms with Gasteiger partial charge >= 0.3 is 0 Å². The highest BCUT2D eigenvalue weighted by Gasteiger charge is 2.25. The van der Waals surface area contributed by atoms with Crippen LogP contribution in [0.15, 0.2) is 35.4 Å². The van der Waals surface area contributed by atoms with E-state index in [1.807, 2.05) is 19.1 Å². The molecule has 0 radical (unpaired) electrons. The number of rotatable bonds is 5. The molecule has 0 spiro atoms. The Morgan fingerprint density at radius 2 is 2.00 bits per heavy atom. The van der Waals surface area contributed by atoms with Crippen LogP contribution in [0.25, 0.3) is 0 Å². The topological polar surface area (TPSA) is 50.8 Å². The summed E-state index contributed by atoms with van der Waals surface area (Å²) in [5, 5.41) is 3.12. The molecule has 0 saturated carbocycles. The van der Waals surface area contributed by atoms with Gasteiger partial charge in [-0.2, -0.15) is 0 Å². The number of allylic oxidation sites excluding steroid dienone is 3. The fourth-order valence-electron chi connectivity index (χ4n) is 3.30. The van der Waals surface area contributed by atoms with Crippen molar-refractivity contribution in [1.29, 1.82) is 0 Å². The molecule has 2 aliphatic heterocycles. The molecular formula is C22H30N2O3. The maximum Gasteiger partial charge on any atom is 0.251 e. The van der Waals surface area contributed by atoms with Gasteiger partial charge in [-0.25, -0.2) is 0 Å². The predicted molar refractivity (Wildman–Crippen MR) is 110 cm³/mol. The first-order valence-electron chi connectivity index (χ1n) is 9.79. The van der Waals surface area contributed by atoms with Gasteiger partial charge in [0.1, 0.15) is 11.9 Å². The van der Waals surface area contributed by atoms with E-state index in [1.165, 1.54) is 5.57 Å². The maximum atomic E-state index is 12.7. The van der Waals surface area contributed by atoms with Crippen LogP contribution in [-0.4, -0.2) is 38.3 Å². The number of nitrogens with zero attached hydrogens (tertiary/aromatic N) is 1. The molecule has 0 aliphatic carbocycles. The number of amides is 1. The van der Waals surface area contributed by atoms with Crippen molar-refractivity contribution < 1.29 is 14.3 Å². The van der Waals surface area contributed by atoms with Crippen molar-refractivity contribution in [3.05, 3.63) is 41.0 Å². The molecule has 5 nitrogen and oxygen atoms in total. The van der Waals surface area contributed by atoms with Crippen molar-refractivity contribution in [2.75, 3.05) is 36.5 Å². The molecule has 5 heteroatoms. The average Bonchev–Trinajstić information content (AvgIpc) is 3.04. The van der Waals surface area contributed by atoms with E-state index in [4.69, 9.17) is 9.47 Å². The second-order valence-corrected chi connectivity index (χ2v) is 7.38. The van der Waals surface area contributed by atoms with E-state index < -0.39 is 0 Å². The lowest BCUT2D eigenvalue weighted by Crippen LogP contribution is -2.36. The fourth-order valence-corrected chi connectivity index (χ4v) is 3.30. The number of ether oxygens (including phenoxy) is 2. The van der Waals surface area contributed by atoms with Crippen LogP contribution in [0.5, 0.6) is 5.75 Å². The quantitative estimate of drug-likeness (QED) is 0.627. The Kier molecular flexibility index (Phi) is 6.22. The lowest BCUT2D eigenvalue weighted by Gasteiger charge is -2.31. The summed E-state index contributed by atoms with van der Waals surface area (Å²) in [7, 11) is 0. The molecule has 0 bridgehead atoms. The number of hydrogen-bond donors (Lipinski definition) is 1. The van der Waals surface area contributed by atoms with Crippen molar-refractivity contribution in [2.24, 2.45) is 0 Å². The van der Waals surface area contributed by atoms with Crippen LogP contribution in [-0.2, 0) is 16.0 Å². The lowest BCUT2D eigenvalue weighted by molar-refractivity contribution is -0.112. The number of carbonyl (C=O) groups is 1. The molecule has 27 heavy (non-hydrogen) atoms. The van der Waals surface area contributed by atoms with Crippen LogP contribution in [0.3, 0.4) is 0 Å². The highest BCUT2D eigenvalue weighted by Crippen LogP contribution is 2.38. The Hall–Kier alpha value is -2.27. The van der Waals surface area contributed by atoms with Crippen LogP contribution < -0.4 is 15.0 Å². The molecular weight excluding hydrogens is 340 g/mol. The third-order valence-electron chi connectivity index (χ3n) is 5.15. The van der Waals surface area contributed by atoms with E-state index in [9.17, 15) is 4.79 Å². The zero-order valence-electron chi connectivity index (χ0n) is 16.8. The van der Waals surface area contributed by atoms with Crippen LogP contribution in [0.2, 0.25) is 0 Å². The van der Waals surface area contributed by atoms with Gasteiger partial charge in [0.05, 0.1) is 24.6 Å². The Morgan fingerprint density at radius 3 is 2.70 bits per heavy atom. The van der Waals surface area contributed by atoms with Crippen LogP contribution >= 0.6 is 0 Å². The molecule has 1 saturated heterocycles. The van der Waals surface area contributed by atoms with Gasteiger partial charge in [-0.15, -0.1) is 0 Å². The summed E-state index contributed by atoms with van der Waals surface area (Å²) < 4.78 is 11.4. The normalized spacial score (nSPS) is 20.3. The predicted octanol–water partition coefficient (Wildman–Crippen LogP) is 4.09. The standard InChI is InChI=1S/C22H30N2O3/c1-5-15(2)6-7-16(3)22(25)23-19-13-18-12-17(4)27-21(18)14-20(19)24-8-10-26-11-9-24/h6-7,13-14,17H,5,8-12H2,1-4H3,(H,23,25)/b15-6-,16-7+. The number of nitrogens with one attached hydrogen (secondary N) is 1. The summed E-state index contributed by atoms with van der Waals surface area (Å²) in [6.07, 6.45) is 5.92. The Balaban J connectivity index is 1.87. The fraction of sp³-hybridized carbons (Fsp3) is 0.500. The van der Waals surface area contributed by atoms with Gasteiger partial charge < -0.3 is 19.7 Å². The van der Waals surface area contributed by atoms with E-state index in [0.29, 0.717) is 18.8 Å². The van der Waals surface area contributed by atoms with E-state index in [2.05, 4.69) is 43.1 Å². The highest BCUT2D eigenvalue weighted by molar-refractivity contribution is 6.05. The zero-order valence-corrected chi connectivity index (χ0v) is 16.8. The van der Waals surface area contributed by atoms with Crippen molar-refractivity contribution in [3.63, 3.8) is 0 Å². The molecule has 146 valence electrons. The highest BCUT2D eigenvalue weighted by atomic mass is 16.5. The molecule has 2 aliphatic rings. The van der Waals surface area contributed by atoms with E-state index in [1.54, 1.807) is 0 Å². The van der Waals surface area contributed by atoms with Gasteiger partial charge in [-0.05, 0) is 33.3 Å². The molecule has 3 rings (SSSR count). The van der Waals surface area contributed by atoms with E-state index >= 15 is 0 Å². The lowest BCUT2D eigenvalue weighted by atomic mass is 10.1. The summed E-state index contributed by atoms with van der Waals surface area (Å²) >= 11 is 0. The van der Waals surface area contributed by atoms with E-state index in [0.717, 1.165) is 48.6 Å². The third kappa shape index (κ3) is 4.72. The van der Waals surface area contributed by atoms with Gasteiger partial charge in [0.15, 0.2) is 0 Å². The molecule has 1 fully saturated rings. The molecule has 1 amide bonds. The summed E-state index contributed by atoms with van der Waals surface area (Å²) in [6.45, 7) is 11.1. The van der Waals surface area contributed by atoms with E-state index in [-0.39, 0.29) is 12.0 Å². The van der Waals surface area contributed by atoms with Gasteiger partial charge in [-0.3, -0.25) is 4.79 Å². The van der Waals surface area contributed by atoms with Gasteiger partial charge in [-0.1, -0.05) is 24.6 Å². The first-order chi connectivity index (χ1) is 13.0. The summed E-state index contributed by atoms with van der Waals surface area (Å²) in [4.78, 5) is 15.0. The number of benzene rings is 1. The van der Waals surface area contributed by atoms with Gasteiger partial charge in [0.25, 0.3) is 5.91 Å². The monoisotopic (exact) mass is 370 g/mol. The first-order valence-corrected chi connectivity index (χ1v) is 9.79. The minimum Gasteiger partial charge on any atom is -0.490 e. The van der Waals surface area contributed by atoms with Gasteiger partial charge in [0.2, 0.25) is 0 Å². The van der Waals surface area contributed by atoms with Crippen LogP contribution in [0.4, 0.5) is 11.4 Å². The molecule has 1 aromatic carbocycles. The molecule has 1 aromatic rings. The van der Waals surface area contributed by atoms with Crippen molar-refractivity contribution >= 4 is 17.3 Å². The number of fused-ring (bicyclic) bond motifs is 1. The third-order valence-corrected chi connectivity index (χ3v) is 5.15. The Labute approximate surface area is 162 Å². The summed E-state index contributed by atoms with van der Waals surface area (Å²) in [5.41, 5.74) is 4.95. The van der Waals surface area contributed by atoms with Gasteiger partial charge in [0, 0.05) is 36.7 Å². The average molecular weight is 370 g/mol. The molecule has 2 heterocycles. The van der Waals surface area contributed by atoms with Crippen LogP contribution in [0.1, 0.15) is 39.7 Å². The first kappa shape index (κ1) is 19.5. The van der Waals surface area contributed by atoms with Crippen molar-refractivity contribution in [1.82, 2.24) is 0 Å². The van der Waals surface area contributed by atoms with Crippen LogP contribution in [0, 0.1) is 0 Å². The smallest absolute Gasteiger partial charge is 0.251 e. The molecule has 1 N–H and O–H groups in total. The number of carbonyl (C=O) groups excluding carboxylic acids is 1. The molecule has 1 unspecified atom stereocenters. The number of anilines is 2. The second kappa shape index (κ2) is 8.61. The minimum atomic E-state index is -0.0726. The second-order valence-electron chi connectivity index (χ2n) is 7.38. The van der Waals surface area contributed by atoms with Crippen molar-refractivity contribution in [3.8, 4) is 5.75 Å². The Morgan fingerprint density at radius 1 is 1.26 bits per heavy atom. The maximum absolute atomic E-state index is 12.7. The molecule has 0 aromatic heterocycles. The minimum absolute atomic E-state index is 0.0726. The number of hydrogen-bond acceptors (Lipinski definition) is 4.